The van der Waals surface area contributed by atoms with Gasteiger partial charge in [0.2, 0.25) is 5.91 Å². The number of carboxylic acid groups (broad SMARTS) is 1. The molecule has 0 bridgehead atoms. The Morgan fingerprint density at radius 1 is 1.00 bits per heavy atom. The monoisotopic (exact) mass is 480 g/mol. The Morgan fingerprint density at radius 2 is 1.57 bits per heavy atom. The minimum absolute atomic E-state index is 0.00661. The van der Waals surface area contributed by atoms with Gasteiger partial charge in [0.1, 0.15) is 6.61 Å². The van der Waals surface area contributed by atoms with Crippen LogP contribution in [0.15, 0.2) is 48.5 Å². The molecule has 3 N–H and O–H groups in total. The SMILES string of the molecule is CC(C)C(CNC(=O)OCC1c2ccccc2-c2ccccc21)CC(=O)NC(C)(C)CCC(=O)O. The minimum Gasteiger partial charge on any atom is -0.481 e. The molecule has 0 heterocycles. The van der Waals surface area contributed by atoms with Crippen LogP contribution in [0.1, 0.15) is 64.0 Å². The summed E-state index contributed by atoms with van der Waals surface area (Å²) in [6.07, 6.45) is 0.0696. The van der Waals surface area contributed by atoms with Crippen LogP contribution in [0.25, 0.3) is 11.1 Å². The molecular weight excluding hydrogens is 444 g/mol. The summed E-state index contributed by atoms with van der Waals surface area (Å²) in [4.78, 5) is 36.0. The van der Waals surface area contributed by atoms with Crippen LogP contribution in [0.3, 0.4) is 0 Å². The second-order valence-corrected chi connectivity index (χ2v) is 10.2. The summed E-state index contributed by atoms with van der Waals surface area (Å²) in [7, 11) is 0. The van der Waals surface area contributed by atoms with Crippen LogP contribution in [0.4, 0.5) is 4.79 Å². The van der Waals surface area contributed by atoms with Gasteiger partial charge >= 0.3 is 12.1 Å². The number of carboxylic acids is 1. The summed E-state index contributed by atoms with van der Waals surface area (Å²) in [5, 5.41) is 14.6. The van der Waals surface area contributed by atoms with Gasteiger partial charge in [-0.2, -0.15) is 0 Å². The molecule has 7 heteroatoms. The van der Waals surface area contributed by atoms with Crippen molar-refractivity contribution in [3.63, 3.8) is 0 Å². The number of rotatable bonds is 11. The first kappa shape index (κ1) is 26.3. The van der Waals surface area contributed by atoms with Crippen LogP contribution in [-0.4, -0.2) is 41.8 Å². The maximum absolute atomic E-state index is 12.6. The van der Waals surface area contributed by atoms with Crippen molar-refractivity contribution < 1.29 is 24.2 Å². The van der Waals surface area contributed by atoms with Gasteiger partial charge in [0.15, 0.2) is 0 Å². The summed E-state index contributed by atoms with van der Waals surface area (Å²) in [6.45, 7) is 8.20. The van der Waals surface area contributed by atoms with Crippen molar-refractivity contribution in [3.05, 3.63) is 59.7 Å². The van der Waals surface area contributed by atoms with E-state index in [-0.39, 0.29) is 43.1 Å². The van der Waals surface area contributed by atoms with Crippen molar-refractivity contribution >= 4 is 18.0 Å². The van der Waals surface area contributed by atoms with E-state index < -0.39 is 17.6 Å². The van der Waals surface area contributed by atoms with E-state index in [0.717, 1.165) is 11.1 Å². The summed E-state index contributed by atoms with van der Waals surface area (Å²) in [5.41, 5.74) is 4.05. The standard InChI is InChI=1S/C28H36N2O5/c1-18(2)19(15-25(31)30-28(3,4)14-13-26(32)33)16-29-27(34)35-17-24-22-11-7-5-9-20(22)21-10-6-8-12-23(21)24/h5-12,18-19,24H,13-17H2,1-4H3,(H,29,34)(H,30,31)(H,32,33). The van der Waals surface area contributed by atoms with Gasteiger partial charge in [0, 0.05) is 30.8 Å². The van der Waals surface area contributed by atoms with Crippen molar-refractivity contribution in [3.8, 4) is 11.1 Å². The summed E-state index contributed by atoms with van der Waals surface area (Å²) < 4.78 is 5.60. The summed E-state index contributed by atoms with van der Waals surface area (Å²) >= 11 is 0. The van der Waals surface area contributed by atoms with Crippen LogP contribution in [0, 0.1) is 11.8 Å². The second kappa shape index (κ2) is 11.4. The number of fused-ring (bicyclic) bond motifs is 3. The van der Waals surface area contributed by atoms with Crippen molar-refractivity contribution in [2.24, 2.45) is 11.8 Å². The summed E-state index contributed by atoms with van der Waals surface area (Å²) in [5.74, 6) is -0.969. The van der Waals surface area contributed by atoms with E-state index in [2.05, 4.69) is 34.9 Å². The molecule has 0 aromatic heterocycles. The van der Waals surface area contributed by atoms with Crippen molar-refractivity contribution in [2.45, 2.75) is 58.4 Å². The van der Waals surface area contributed by atoms with Crippen LogP contribution in [-0.2, 0) is 14.3 Å². The van der Waals surface area contributed by atoms with Crippen LogP contribution < -0.4 is 10.6 Å². The lowest BCUT2D eigenvalue weighted by molar-refractivity contribution is -0.138. The molecule has 0 aliphatic heterocycles. The van der Waals surface area contributed by atoms with Gasteiger partial charge < -0.3 is 20.5 Å². The van der Waals surface area contributed by atoms with E-state index in [0.29, 0.717) is 13.0 Å². The molecule has 2 aromatic carbocycles. The first-order valence-corrected chi connectivity index (χ1v) is 12.2. The Morgan fingerprint density at radius 3 is 2.11 bits per heavy atom. The zero-order valence-electron chi connectivity index (χ0n) is 21.0. The molecule has 1 unspecified atom stereocenters. The molecule has 0 fully saturated rings. The Labute approximate surface area is 207 Å². The topological polar surface area (TPSA) is 105 Å². The highest BCUT2D eigenvalue weighted by atomic mass is 16.5. The van der Waals surface area contributed by atoms with E-state index in [4.69, 9.17) is 9.84 Å². The predicted molar refractivity (Wildman–Crippen MR) is 135 cm³/mol. The van der Waals surface area contributed by atoms with Crippen molar-refractivity contribution in [1.82, 2.24) is 10.6 Å². The molecule has 35 heavy (non-hydrogen) atoms. The van der Waals surface area contributed by atoms with Gasteiger partial charge in [0.05, 0.1) is 0 Å². The lowest BCUT2D eigenvalue weighted by atomic mass is 9.91. The van der Waals surface area contributed by atoms with E-state index >= 15 is 0 Å². The molecule has 2 amide bonds. The maximum atomic E-state index is 12.6. The summed E-state index contributed by atoms with van der Waals surface area (Å²) in [6, 6.07) is 16.4. The third-order valence-corrected chi connectivity index (χ3v) is 6.68. The molecule has 0 radical (unpaired) electrons. The largest absolute Gasteiger partial charge is 0.481 e. The van der Waals surface area contributed by atoms with Crippen LogP contribution in [0.2, 0.25) is 0 Å². The first-order chi connectivity index (χ1) is 16.6. The second-order valence-electron chi connectivity index (χ2n) is 10.2. The molecule has 0 spiro atoms. The Hall–Kier alpha value is -3.35. The number of hydrogen-bond acceptors (Lipinski definition) is 4. The fourth-order valence-corrected chi connectivity index (χ4v) is 4.56. The maximum Gasteiger partial charge on any atom is 0.407 e. The highest BCUT2D eigenvalue weighted by molar-refractivity contribution is 5.79. The van der Waals surface area contributed by atoms with Gasteiger partial charge in [0.25, 0.3) is 0 Å². The number of hydrogen-bond donors (Lipinski definition) is 3. The lowest BCUT2D eigenvalue weighted by Gasteiger charge is -2.28. The predicted octanol–water partition coefficient (Wildman–Crippen LogP) is 4.95. The third kappa shape index (κ3) is 7.07. The van der Waals surface area contributed by atoms with E-state index in [1.54, 1.807) is 0 Å². The lowest BCUT2D eigenvalue weighted by Crippen LogP contribution is -2.45. The fraction of sp³-hybridized carbons (Fsp3) is 0.464. The fourth-order valence-electron chi connectivity index (χ4n) is 4.56. The molecule has 2 aromatic rings. The smallest absolute Gasteiger partial charge is 0.407 e. The van der Waals surface area contributed by atoms with Crippen LogP contribution >= 0.6 is 0 Å². The number of amides is 2. The van der Waals surface area contributed by atoms with Crippen LogP contribution in [0.5, 0.6) is 0 Å². The third-order valence-electron chi connectivity index (χ3n) is 6.68. The van der Waals surface area contributed by atoms with E-state index in [1.165, 1.54) is 11.1 Å². The number of aliphatic carboxylic acids is 1. The number of benzene rings is 2. The highest BCUT2D eigenvalue weighted by Gasteiger charge is 2.29. The molecule has 0 saturated carbocycles. The number of carbonyl (C=O) groups excluding carboxylic acids is 2. The van der Waals surface area contributed by atoms with Crippen molar-refractivity contribution in [1.29, 1.82) is 0 Å². The molecule has 1 aliphatic rings. The Balaban J connectivity index is 1.51. The Kier molecular flexibility index (Phi) is 8.54. The molecule has 3 rings (SSSR count). The number of nitrogens with one attached hydrogen (secondary N) is 2. The minimum atomic E-state index is -0.889. The van der Waals surface area contributed by atoms with Gasteiger partial charge in [-0.25, -0.2) is 4.79 Å². The molecule has 0 saturated heterocycles. The van der Waals surface area contributed by atoms with E-state index in [1.807, 2.05) is 52.0 Å². The van der Waals surface area contributed by atoms with Gasteiger partial charge in [-0.3, -0.25) is 9.59 Å². The average Bonchev–Trinajstić information content (AvgIpc) is 3.12. The van der Waals surface area contributed by atoms with Gasteiger partial charge in [-0.1, -0.05) is 62.4 Å². The zero-order chi connectivity index (χ0) is 25.6. The first-order valence-electron chi connectivity index (χ1n) is 12.2. The van der Waals surface area contributed by atoms with Gasteiger partial charge in [-0.05, 0) is 54.4 Å². The number of ether oxygens (including phenoxy) is 1. The quantitative estimate of drug-likeness (QED) is 0.422. The highest BCUT2D eigenvalue weighted by Crippen LogP contribution is 2.44. The zero-order valence-corrected chi connectivity index (χ0v) is 21.0. The molecule has 1 aliphatic carbocycles. The van der Waals surface area contributed by atoms with Crippen molar-refractivity contribution in [2.75, 3.05) is 13.2 Å². The van der Waals surface area contributed by atoms with E-state index in [9.17, 15) is 14.4 Å². The normalized spacial score (nSPS) is 13.6. The molecule has 7 nitrogen and oxygen atoms in total. The molecular formula is C28H36N2O5. The average molecular weight is 481 g/mol. The number of alkyl carbamates (subject to hydrolysis) is 1. The molecule has 1 atom stereocenters. The number of carbonyl (C=O) groups is 3. The molecule has 188 valence electrons. The van der Waals surface area contributed by atoms with Gasteiger partial charge in [-0.15, -0.1) is 0 Å². The Bertz CT molecular complexity index is 1020.